The molecular weight excluding hydrogens is 803 g/mol. The van der Waals surface area contributed by atoms with Gasteiger partial charge in [-0.3, -0.25) is 9.59 Å². The number of allylic oxidation sites excluding steroid dienone is 9. The zero-order chi connectivity index (χ0) is 47.2. The molecule has 6 heteroatoms. The number of rotatable bonds is 51. The highest BCUT2D eigenvalue weighted by Gasteiger charge is 2.18. The first-order valence-corrected chi connectivity index (χ1v) is 28.1. The van der Waals surface area contributed by atoms with E-state index in [0.29, 0.717) is 19.4 Å². The van der Waals surface area contributed by atoms with E-state index in [0.717, 1.165) is 70.6 Å². The van der Waals surface area contributed by atoms with E-state index >= 15 is 0 Å². The number of esters is 1. The SMILES string of the molecule is CCCCC/C=C\C/C=C\CCCCCCCC(=O)OCCCCCCCCCCC/C=C\C/C=C\CCCCCCCCCC(=O)NC(CO)C(O)/C=C/CCCCCCCCCC. The number of aliphatic hydroxyl groups is 2. The Labute approximate surface area is 403 Å². The van der Waals surface area contributed by atoms with Crippen LogP contribution in [0.2, 0.25) is 0 Å². The number of amides is 1. The van der Waals surface area contributed by atoms with Gasteiger partial charge in [-0.1, -0.05) is 229 Å². The van der Waals surface area contributed by atoms with Gasteiger partial charge in [-0.15, -0.1) is 0 Å². The second-order valence-electron chi connectivity index (χ2n) is 18.9. The van der Waals surface area contributed by atoms with Crippen molar-refractivity contribution in [1.29, 1.82) is 0 Å². The molecule has 2 unspecified atom stereocenters. The summed E-state index contributed by atoms with van der Waals surface area (Å²) in [5.74, 6) is -0.0905. The minimum Gasteiger partial charge on any atom is -0.466 e. The Morgan fingerprint density at radius 1 is 0.431 bits per heavy atom. The van der Waals surface area contributed by atoms with Crippen molar-refractivity contribution in [2.24, 2.45) is 0 Å². The van der Waals surface area contributed by atoms with Crippen molar-refractivity contribution in [1.82, 2.24) is 5.32 Å². The Bertz CT molecular complexity index is 1140. The molecule has 0 heterocycles. The van der Waals surface area contributed by atoms with Crippen LogP contribution in [0.15, 0.2) is 60.8 Å². The molecule has 1 amide bonds. The highest BCUT2D eigenvalue weighted by atomic mass is 16.5. The lowest BCUT2D eigenvalue weighted by Crippen LogP contribution is -2.45. The molecule has 0 saturated heterocycles. The fourth-order valence-corrected chi connectivity index (χ4v) is 8.16. The van der Waals surface area contributed by atoms with Crippen molar-refractivity contribution in [3.8, 4) is 0 Å². The fraction of sp³-hybridized carbons (Fsp3) is 0.797. The smallest absolute Gasteiger partial charge is 0.305 e. The molecule has 0 radical (unpaired) electrons. The summed E-state index contributed by atoms with van der Waals surface area (Å²) >= 11 is 0. The maximum atomic E-state index is 12.4. The third-order valence-corrected chi connectivity index (χ3v) is 12.5. The van der Waals surface area contributed by atoms with Gasteiger partial charge in [0, 0.05) is 12.8 Å². The van der Waals surface area contributed by atoms with Crippen LogP contribution in [0.3, 0.4) is 0 Å². The van der Waals surface area contributed by atoms with E-state index < -0.39 is 12.1 Å². The van der Waals surface area contributed by atoms with E-state index in [1.54, 1.807) is 6.08 Å². The Morgan fingerprint density at radius 3 is 1.20 bits per heavy atom. The maximum Gasteiger partial charge on any atom is 0.305 e. The van der Waals surface area contributed by atoms with Crippen LogP contribution < -0.4 is 5.32 Å². The molecular formula is C59H107NO5. The summed E-state index contributed by atoms with van der Waals surface area (Å²) in [6, 6.07) is -0.635. The molecule has 0 aliphatic heterocycles. The van der Waals surface area contributed by atoms with E-state index in [1.165, 1.54) is 180 Å². The van der Waals surface area contributed by atoms with E-state index in [1.807, 2.05) is 6.08 Å². The van der Waals surface area contributed by atoms with Crippen molar-refractivity contribution in [2.75, 3.05) is 13.2 Å². The number of unbranched alkanes of at least 4 members (excludes halogenated alkanes) is 32. The van der Waals surface area contributed by atoms with Gasteiger partial charge in [0.25, 0.3) is 0 Å². The summed E-state index contributed by atoms with van der Waals surface area (Å²) in [5, 5.41) is 22.9. The predicted molar refractivity (Wildman–Crippen MR) is 282 cm³/mol. The van der Waals surface area contributed by atoms with Gasteiger partial charge in [-0.2, -0.15) is 0 Å². The van der Waals surface area contributed by atoms with Gasteiger partial charge in [-0.05, 0) is 96.3 Å². The van der Waals surface area contributed by atoms with Crippen LogP contribution in [0, 0.1) is 0 Å². The molecule has 0 spiro atoms. The number of hydrogen-bond acceptors (Lipinski definition) is 5. The molecule has 0 rings (SSSR count). The zero-order valence-electron chi connectivity index (χ0n) is 43.0. The summed E-state index contributed by atoms with van der Waals surface area (Å²) in [7, 11) is 0. The average molecular weight is 911 g/mol. The predicted octanol–water partition coefficient (Wildman–Crippen LogP) is 17.2. The first kappa shape index (κ1) is 62.6. The minimum absolute atomic E-state index is 0.00861. The van der Waals surface area contributed by atoms with Crippen LogP contribution in [0.25, 0.3) is 0 Å². The van der Waals surface area contributed by atoms with Crippen LogP contribution in [0.4, 0.5) is 0 Å². The first-order chi connectivity index (χ1) is 32.0. The zero-order valence-corrected chi connectivity index (χ0v) is 43.0. The largest absolute Gasteiger partial charge is 0.466 e. The second kappa shape index (κ2) is 54.2. The van der Waals surface area contributed by atoms with Gasteiger partial charge < -0.3 is 20.3 Å². The molecule has 65 heavy (non-hydrogen) atoms. The molecule has 0 bridgehead atoms. The normalized spacial score (nSPS) is 13.1. The van der Waals surface area contributed by atoms with Gasteiger partial charge in [-0.25, -0.2) is 0 Å². The lowest BCUT2D eigenvalue weighted by molar-refractivity contribution is -0.143. The molecule has 2 atom stereocenters. The molecule has 0 aromatic heterocycles. The van der Waals surface area contributed by atoms with Crippen LogP contribution >= 0.6 is 0 Å². The Kier molecular flexibility index (Phi) is 52.1. The van der Waals surface area contributed by atoms with Crippen molar-refractivity contribution >= 4 is 11.9 Å². The second-order valence-corrected chi connectivity index (χ2v) is 18.9. The van der Waals surface area contributed by atoms with Crippen LogP contribution in [0.5, 0.6) is 0 Å². The monoisotopic (exact) mass is 910 g/mol. The van der Waals surface area contributed by atoms with E-state index in [4.69, 9.17) is 4.74 Å². The van der Waals surface area contributed by atoms with Crippen molar-refractivity contribution in [3.63, 3.8) is 0 Å². The summed E-state index contributed by atoms with van der Waals surface area (Å²) < 4.78 is 5.46. The highest BCUT2D eigenvalue weighted by Crippen LogP contribution is 2.15. The van der Waals surface area contributed by atoms with E-state index in [-0.39, 0.29) is 18.5 Å². The molecule has 0 aliphatic carbocycles. The molecule has 6 nitrogen and oxygen atoms in total. The number of nitrogens with one attached hydrogen (secondary N) is 1. The summed E-state index contributed by atoms with van der Waals surface area (Å²) in [5.41, 5.74) is 0. The van der Waals surface area contributed by atoms with Gasteiger partial charge in [0.15, 0.2) is 0 Å². The van der Waals surface area contributed by atoms with Gasteiger partial charge in [0.2, 0.25) is 5.91 Å². The summed E-state index contributed by atoms with van der Waals surface area (Å²) in [4.78, 5) is 24.4. The minimum atomic E-state index is -0.850. The average Bonchev–Trinajstić information content (AvgIpc) is 3.31. The van der Waals surface area contributed by atoms with E-state index in [9.17, 15) is 19.8 Å². The fourth-order valence-electron chi connectivity index (χ4n) is 8.16. The summed E-state index contributed by atoms with van der Waals surface area (Å²) in [6.45, 7) is 4.83. The van der Waals surface area contributed by atoms with Crippen LogP contribution in [-0.2, 0) is 14.3 Å². The van der Waals surface area contributed by atoms with Gasteiger partial charge in [0.1, 0.15) is 0 Å². The lowest BCUT2D eigenvalue weighted by Gasteiger charge is -2.20. The number of carbonyl (C=O) groups is 2. The van der Waals surface area contributed by atoms with Crippen LogP contribution in [0.1, 0.15) is 277 Å². The molecule has 3 N–H and O–H groups in total. The third kappa shape index (κ3) is 50.8. The number of hydrogen-bond donors (Lipinski definition) is 3. The van der Waals surface area contributed by atoms with Gasteiger partial charge in [0.05, 0.1) is 25.4 Å². The molecule has 0 saturated carbocycles. The quantitative estimate of drug-likeness (QED) is 0.0321. The van der Waals surface area contributed by atoms with Gasteiger partial charge >= 0.3 is 5.97 Å². The molecule has 0 aromatic rings. The summed E-state index contributed by atoms with van der Waals surface area (Å²) in [6.07, 6.45) is 69.6. The van der Waals surface area contributed by atoms with Crippen molar-refractivity contribution < 1.29 is 24.5 Å². The standard InChI is InChI=1S/C59H107NO5/c1-3-5-7-9-11-13-15-16-26-30-33-37-41-45-49-53-59(64)65-54-50-46-42-38-34-31-28-25-23-21-19-17-18-20-22-24-27-29-32-36-40-44-48-52-58(63)60-56(55-61)57(62)51-47-43-39-35-14-12-10-8-6-4-2/h11,13,16-17,19-20,22,26,47,51,56-57,61-62H,3-10,12,14-15,18,21,23-25,27-46,48-50,52-55H2,1-2H3,(H,60,63)/b13-11-,19-17-,22-20-,26-16-,51-47+. The third-order valence-electron chi connectivity index (χ3n) is 12.5. The van der Waals surface area contributed by atoms with Crippen molar-refractivity contribution in [2.45, 2.75) is 289 Å². The van der Waals surface area contributed by atoms with Crippen LogP contribution in [-0.4, -0.2) is 47.4 Å². The topological polar surface area (TPSA) is 95.9 Å². The molecule has 0 aliphatic rings. The highest BCUT2D eigenvalue weighted by molar-refractivity contribution is 5.76. The molecule has 378 valence electrons. The maximum absolute atomic E-state index is 12.4. The Hall–Kier alpha value is -2.44. The first-order valence-electron chi connectivity index (χ1n) is 28.1. The molecule has 0 aromatic carbocycles. The Balaban J connectivity index is 3.47. The number of aliphatic hydroxyl groups excluding tert-OH is 2. The number of ether oxygens (including phenoxy) is 1. The number of carbonyl (C=O) groups excluding carboxylic acids is 2. The van der Waals surface area contributed by atoms with E-state index in [2.05, 4.69) is 67.8 Å². The lowest BCUT2D eigenvalue weighted by atomic mass is 10.1. The molecule has 0 fully saturated rings. The Morgan fingerprint density at radius 2 is 0.769 bits per heavy atom. The van der Waals surface area contributed by atoms with Crippen molar-refractivity contribution in [3.05, 3.63) is 60.8 Å².